The second-order valence-electron chi connectivity index (χ2n) is 16.8. The van der Waals surface area contributed by atoms with E-state index < -0.39 is 0 Å². The summed E-state index contributed by atoms with van der Waals surface area (Å²) in [7, 11) is 0. The topological polar surface area (TPSA) is 41.9 Å². The van der Waals surface area contributed by atoms with E-state index in [9.17, 15) is 0 Å². The highest BCUT2D eigenvalue weighted by Crippen LogP contribution is 2.65. The SMILES string of the molecule is c1ccc(-c2ccc(-c3nc(-c4ccc(-c5ccccc5)cc4)nc(-c4cccc(-c5ccc(N6c7ccccc7C7(c8ccccc86)c6ccsc6-c6sccc67)cc5)c4)n3)cc2)cc1. The van der Waals surface area contributed by atoms with E-state index in [1.54, 1.807) is 0 Å². The molecule has 2 aliphatic rings. The summed E-state index contributed by atoms with van der Waals surface area (Å²) >= 11 is 3.71. The van der Waals surface area contributed by atoms with Gasteiger partial charge < -0.3 is 4.90 Å². The third-order valence-electron chi connectivity index (χ3n) is 13.2. The minimum atomic E-state index is -0.360. The highest BCUT2D eigenvalue weighted by Gasteiger charge is 2.52. The Kier molecular flexibility index (Phi) is 9.08. The number of hydrogen-bond donors (Lipinski definition) is 0. The van der Waals surface area contributed by atoms with Gasteiger partial charge in [0, 0.05) is 32.1 Å². The standard InChI is InChI=1S/C60H38N4S2/c1-3-12-39(13-4-1)41-22-26-44(27-23-41)57-61-58(45-28-24-42(25-29-45)40-14-5-2-6-15-40)63-59(62-57)47-17-11-16-46(38-47)43-30-32-48(33-31-43)64-53-20-9-7-18-49(53)60(50-19-8-10-21-54(50)64)51-34-36-65-55(51)56-52(60)35-37-66-56/h1-38H. The molecule has 0 saturated carbocycles. The highest BCUT2D eigenvalue weighted by molar-refractivity contribution is 7.21. The Morgan fingerprint density at radius 2 is 0.682 bits per heavy atom. The molecule has 6 heteroatoms. The van der Waals surface area contributed by atoms with E-state index in [-0.39, 0.29) is 5.41 Å². The molecule has 1 aliphatic carbocycles. The maximum atomic E-state index is 5.14. The normalized spacial score (nSPS) is 12.9. The zero-order valence-corrected chi connectivity index (χ0v) is 37.2. The summed E-state index contributed by atoms with van der Waals surface area (Å²) in [5.74, 6) is 1.88. The van der Waals surface area contributed by atoms with Gasteiger partial charge in [0.1, 0.15) is 0 Å². The molecule has 66 heavy (non-hydrogen) atoms. The van der Waals surface area contributed by atoms with Crippen LogP contribution in [-0.2, 0) is 5.41 Å². The lowest BCUT2D eigenvalue weighted by Gasteiger charge is -2.44. The Hall–Kier alpha value is -8.03. The van der Waals surface area contributed by atoms with Crippen LogP contribution < -0.4 is 4.90 Å². The summed E-state index contributed by atoms with van der Waals surface area (Å²) < 4.78 is 0. The molecule has 0 unspecified atom stereocenters. The van der Waals surface area contributed by atoms with Crippen molar-refractivity contribution in [2.24, 2.45) is 0 Å². The van der Waals surface area contributed by atoms with Crippen LogP contribution in [0.5, 0.6) is 0 Å². The first-order chi connectivity index (χ1) is 32.7. The molecule has 310 valence electrons. The van der Waals surface area contributed by atoms with Crippen molar-refractivity contribution in [1.82, 2.24) is 15.0 Å². The Bertz CT molecular complexity index is 3390. The van der Waals surface area contributed by atoms with E-state index >= 15 is 0 Å². The van der Waals surface area contributed by atoms with Gasteiger partial charge in [-0.05, 0) is 109 Å². The van der Waals surface area contributed by atoms with Gasteiger partial charge in [-0.1, -0.05) is 176 Å². The van der Waals surface area contributed by atoms with Gasteiger partial charge in [-0.15, -0.1) is 22.7 Å². The van der Waals surface area contributed by atoms with Crippen molar-refractivity contribution in [1.29, 1.82) is 0 Å². The summed E-state index contributed by atoms with van der Waals surface area (Å²) in [5, 5.41) is 4.52. The fourth-order valence-corrected chi connectivity index (χ4v) is 12.2. The number of rotatable bonds is 7. The first kappa shape index (κ1) is 38.4. The van der Waals surface area contributed by atoms with Gasteiger partial charge >= 0.3 is 0 Å². The van der Waals surface area contributed by atoms with Crippen LogP contribution in [0.3, 0.4) is 0 Å². The average molecular weight is 879 g/mol. The van der Waals surface area contributed by atoms with E-state index in [1.165, 1.54) is 54.5 Å². The van der Waals surface area contributed by atoms with Crippen molar-refractivity contribution in [2.75, 3.05) is 4.90 Å². The molecule has 3 aromatic heterocycles. The van der Waals surface area contributed by atoms with Gasteiger partial charge in [0.15, 0.2) is 17.5 Å². The van der Waals surface area contributed by atoms with Gasteiger partial charge in [-0.25, -0.2) is 15.0 Å². The van der Waals surface area contributed by atoms with Crippen molar-refractivity contribution in [3.05, 3.63) is 251 Å². The summed E-state index contributed by atoms with van der Waals surface area (Å²) in [6, 6.07) is 78.0. The van der Waals surface area contributed by atoms with Crippen molar-refractivity contribution in [3.8, 4) is 77.3 Å². The fraction of sp³-hybridized carbons (Fsp3) is 0.0167. The largest absolute Gasteiger partial charge is 0.310 e. The molecule has 0 atom stereocenters. The predicted octanol–water partition coefficient (Wildman–Crippen LogP) is 16.1. The maximum Gasteiger partial charge on any atom is 0.164 e. The van der Waals surface area contributed by atoms with Crippen LogP contribution in [0.25, 0.3) is 77.3 Å². The number of benzene rings is 8. The molecule has 0 saturated heterocycles. The first-order valence-electron chi connectivity index (χ1n) is 22.1. The molecule has 0 amide bonds. The molecule has 8 aromatic carbocycles. The van der Waals surface area contributed by atoms with Gasteiger partial charge in [-0.3, -0.25) is 0 Å². The van der Waals surface area contributed by atoms with Crippen molar-refractivity contribution < 1.29 is 0 Å². The quantitative estimate of drug-likeness (QED) is 0.160. The van der Waals surface area contributed by atoms with Gasteiger partial charge in [0.25, 0.3) is 0 Å². The maximum absolute atomic E-state index is 5.14. The number of aromatic nitrogens is 3. The second-order valence-corrected chi connectivity index (χ2v) is 18.6. The van der Waals surface area contributed by atoms with Gasteiger partial charge in [-0.2, -0.15) is 0 Å². The van der Waals surface area contributed by atoms with E-state index in [1.807, 2.05) is 34.8 Å². The lowest BCUT2D eigenvalue weighted by molar-refractivity contribution is 0.756. The number of nitrogens with zero attached hydrogens (tertiary/aromatic N) is 4. The summed E-state index contributed by atoms with van der Waals surface area (Å²) in [4.78, 5) is 20.6. The van der Waals surface area contributed by atoms with E-state index in [4.69, 9.17) is 15.0 Å². The van der Waals surface area contributed by atoms with E-state index in [2.05, 4.69) is 222 Å². The van der Waals surface area contributed by atoms with Crippen LogP contribution in [0, 0.1) is 0 Å². The van der Waals surface area contributed by atoms with Crippen molar-refractivity contribution in [3.63, 3.8) is 0 Å². The molecule has 0 fully saturated rings. The molecule has 0 N–H and O–H groups in total. The number of hydrogen-bond acceptors (Lipinski definition) is 6. The predicted molar refractivity (Wildman–Crippen MR) is 274 cm³/mol. The lowest BCUT2D eigenvalue weighted by Crippen LogP contribution is -2.35. The van der Waals surface area contributed by atoms with Crippen LogP contribution in [0.1, 0.15) is 22.3 Å². The van der Waals surface area contributed by atoms with Gasteiger partial charge in [0.05, 0.1) is 16.8 Å². The Morgan fingerprint density at radius 1 is 0.303 bits per heavy atom. The molecule has 4 heterocycles. The first-order valence-corrected chi connectivity index (χ1v) is 23.9. The molecule has 13 rings (SSSR count). The van der Waals surface area contributed by atoms with E-state index in [0.29, 0.717) is 17.5 Å². The third-order valence-corrected chi connectivity index (χ3v) is 15.2. The second kappa shape index (κ2) is 15.6. The third kappa shape index (κ3) is 6.14. The fourth-order valence-electron chi connectivity index (χ4n) is 10.1. The van der Waals surface area contributed by atoms with Crippen molar-refractivity contribution in [2.45, 2.75) is 5.41 Å². The Labute approximate surface area is 391 Å². The molecular formula is C60H38N4S2. The number of fused-ring (bicyclic) bond motifs is 9. The Morgan fingerprint density at radius 3 is 1.20 bits per heavy atom. The van der Waals surface area contributed by atoms with E-state index in [0.717, 1.165) is 44.6 Å². The number of anilines is 3. The van der Waals surface area contributed by atoms with Gasteiger partial charge in [0.2, 0.25) is 0 Å². The molecule has 0 bridgehead atoms. The lowest BCUT2D eigenvalue weighted by atomic mass is 9.65. The monoisotopic (exact) mass is 878 g/mol. The summed E-state index contributed by atoms with van der Waals surface area (Å²) in [6.45, 7) is 0. The van der Waals surface area contributed by atoms with Crippen LogP contribution in [-0.4, -0.2) is 15.0 Å². The zero-order valence-electron chi connectivity index (χ0n) is 35.5. The van der Waals surface area contributed by atoms with Crippen LogP contribution >= 0.6 is 22.7 Å². The summed E-state index contributed by atoms with van der Waals surface area (Å²) in [5.41, 5.74) is 18.2. The molecule has 0 radical (unpaired) electrons. The van der Waals surface area contributed by atoms with Crippen molar-refractivity contribution >= 4 is 39.7 Å². The Balaban J connectivity index is 0.872. The molecule has 4 nitrogen and oxygen atoms in total. The smallest absolute Gasteiger partial charge is 0.164 e. The zero-order chi connectivity index (χ0) is 43.6. The number of thiophene rings is 2. The van der Waals surface area contributed by atoms with Crippen LogP contribution in [0.2, 0.25) is 0 Å². The summed E-state index contributed by atoms with van der Waals surface area (Å²) in [6.07, 6.45) is 0. The highest BCUT2D eigenvalue weighted by atomic mass is 32.1. The molecule has 1 aliphatic heterocycles. The van der Waals surface area contributed by atoms with Crippen LogP contribution in [0.15, 0.2) is 229 Å². The number of para-hydroxylation sites is 2. The van der Waals surface area contributed by atoms with Crippen LogP contribution in [0.4, 0.5) is 17.1 Å². The minimum Gasteiger partial charge on any atom is -0.310 e. The minimum absolute atomic E-state index is 0.360. The molecule has 1 spiro atoms. The molecule has 11 aromatic rings. The average Bonchev–Trinajstić information content (AvgIpc) is 4.14. The molecular weight excluding hydrogens is 841 g/mol.